The lowest BCUT2D eigenvalue weighted by atomic mass is 10.1. The van der Waals surface area contributed by atoms with Gasteiger partial charge in [0.1, 0.15) is 11.6 Å². The van der Waals surface area contributed by atoms with Crippen molar-refractivity contribution in [3.05, 3.63) is 69.2 Å². The summed E-state index contributed by atoms with van der Waals surface area (Å²) < 4.78 is 26.4. The minimum atomic E-state index is -0.847. The molecule has 0 saturated heterocycles. The second kappa shape index (κ2) is 7.05. The second-order valence-electron chi connectivity index (χ2n) is 4.51. The molecule has 7 heteroatoms. The highest BCUT2D eigenvalue weighted by Crippen LogP contribution is 2.22. The lowest BCUT2D eigenvalue weighted by Crippen LogP contribution is -2.31. The number of carbonyl (C=O) groups excluding carboxylic acids is 1. The van der Waals surface area contributed by atoms with Crippen LogP contribution in [0.4, 0.5) is 8.78 Å². The fraction of sp³-hybridized carbons (Fsp3) is 0.133. The molecule has 1 amide bonds. The number of halogens is 4. The summed E-state index contributed by atoms with van der Waals surface area (Å²) >= 11 is 11.4. The first-order chi connectivity index (χ1) is 10.4. The zero-order valence-electron chi connectivity index (χ0n) is 11.1. The van der Waals surface area contributed by atoms with Crippen LogP contribution in [0.2, 0.25) is 10.0 Å². The van der Waals surface area contributed by atoms with Crippen molar-refractivity contribution in [3.8, 4) is 0 Å². The molecular formula is C15H11Cl2F2NO2. The van der Waals surface area contributed by atoms with Crippen LogP contribution in [0, 0.1) is 11.6 Å². The van der Waals surface area contributed by atoms with Gasteiger partial charge in [0.15, 0.2) is 0 Å². The van der Waals surface area contributed by atoms with Gasteiger partial charge in [-0.25, -0.2) is 8.78 Å². The smallest absolute Gasteiger partial charge is 0.253 e. The Morgan fingerprint density at radius 2 is 1.86 bits per heavy atom. The van der Waals surface area contributed by atoms with Crippen molar-refractivity contribution in [2.45, 2.75) is 6.04 Å². The number of hydrogen-bond donors (Lipinski definition) is 2. The largest absolute Gasteiger partial charge is 0.394 e. The topological polar surface area (TPSA) is 49.3 Å². The van der Waals surface area contributed by atoms with Crippen molar-refractivity contribution in [1.29, 1.82) is 0 Å². The third-order valence-corrected chi connectivity index (χ3v) is 3.63. The van der Waals surface area contributed by atoms with Gasteiger partial charge in [0, 0.05) is 0 Å². The highest BCUT2D eigenvalue weighted by molar-refractivity contribution is 6.33. The Labute approximate surface area is 135 Å². The lowest BCUT2D eigenvalue weighted by molar-refractivity contribution is 0.0916. The van der Waals surface area contributed by atoms with Gasteiger partial charge in [-0.1, -0.05) is 29.3 Å². The first kappa shape index (κ1) is 16.7. The van der Waals surface area contributed by atoms with E-state index in [9.17, 15) is 18.7 Å². The Kier molecular flexibility index (Phi) is 5.34. The van der Waals surface area contributed by atoms with Gasteiger partial charge in [0.05, 0.1) is 28.3 Å². The molecule has 0 aliphatic carbocycles. The molecule has 0 saturated carbocycles. The van der Waals surface area contributed by atoms with E-state index < -0.39 is 30.2 Å². The molecule has 2 aromatic rings. The van der Waals surface area contributed by atoms with Crippen LogP contribution in [0.1, 0.15) is 22.0 Å². The molecule has 2 aromatic carbocycles. The third-order valence-electron chi connectivity index (χ3n) is 3.01. The Morgan fingerprint density at radius 3 is 2.45 bits per heavy atom. The monoisotopic (exact) mass is 345 g/mol. The van der Waals surface area contributed by atoms with Gasteiger partial charge in [-0.2, -0.15) is 0 Å². The minimum absolute atomic E-state index is 0.0518. The lowest BCUT2D eigenvalue weighted by Gasteiger charge is -2.17. The number of carbonyl (C=O) groups is 1. The minimum Gasteiger partial charge on any atom is -0.394 e. The highest BCUT2D eigenvalue weighted by Gasteiger charge is 2.18. The van der Waals surface area contributed by atoms with Gasteiger partial charge in [-0.05, 0) is 35.9 Å². The van der Waals surface area contributed by atoms with Crippen LogP contribution in [0.5, 0.6) is 0 Å². The Hall–Kier alpha value is -1.69. The van der Waals surface area contributed by atoms with Crippen LogP contribution < -0.4 is 5.32 Å². The molecule has 2 N–H and O–H groups in total. The van der Waals surface area contributed by atoms with Crippen LogP contribution in [-0.4, -0.2) is 17.6 Å². The van der Waals surface area contributed by atoms with Gasteiger partial charge >= 0.3 is 0 Å². The van der Waals surface area contributed by atoms with Crippen LogP contribution in [0.15, 0.2) is 36.4 Å². The zero-order chi connectivity index (χ0) is 16.3. The fourth-order valence-corrected chi connectivity index (χ4v) is 2.24. The average molecular weight is 346 g/mol. The Morgan fingerprint density at radius 1 is 1.14 bits per heavy atom. The SMILES string of the molecule is O=C(NC(CO)c1ccc(Cl)c(F)c1)c1ccc(F)cc1Cl. The summed E-state index contributed by atoms with van der Waals surface area (Å²) in [7, 11) is 0. The van der Waals surface area contributed by atoms with Gasteiger partial charge in [-0.3, -0.25) is 4.79 Å². The molecule has 0 aliphatic heterocycles. The first-order valence-corrected chi connectivity index (χ1v) is 6.99. The maximum absolute atomic E-state index is 13.5. The zero-order valence-corrected chi connectivity index (χ0v) is 12.6. The van der Waals surface area contributed by atoms with E-state index in [-0.39, 0.29) is 15.6 Å². The van der Waals surface area contributed by atoms with E-state index in [0.717, 1.165) is 18.2 Å². The van der Waals surface area contributed by atoms with Crippen LogP contribution in [0.3, 0.4) is 0 Å². The molecule has 0 bridgehead atoms. The molecule has 0 aromatic heterocycles. The van der Waals surface area contributed by atoms with Gasteiger partial charge in [0.25, 0.3) is 5.91 Å². The van der Waals surface area contributed by atoms with E-state index in [1.54, 1.807) is 0 Å². The second-order valence-corrected chi connectivity index (χ2v) is 5.32. The molecule has 2 rings (SSSR count). The number of benzene rings is 2. The molecule has 0 heterocycles. The molecule has 116 valence electrons. The van der Waals surface area contributed by atoms with Crippen molar-refractivity contribution in [2.24, 2.45) is 0 Å². The van der Waals surface area contributed by atoms with E-state index in [0.29, 0.717) is 5.56 Å². The summed E-state index contributed by atoms with van der Waals surface area (Å²) in [6.45, 7) is -0.453. The molecule has 0 radical (unpaired) electrons. The van der Waals surface area contributed by atoms with Crippen molar-refractivity contribution in [3.63, 3.8) is 0 Å². The van der Waals surface area contributed by atoms with Gasteiger partial charge in [-0.15, -0.1) is 0 Å². The molecule has 0 spiro atoms. The van der Waals surface area contributed by atoms with Crippen molar-refractivity contribution in [1.82, 2.24) is 5.32 Å². The number of amides is 1. The number of aliphatic hydroxyl groups is 1. The van der Waals surface area contributed by atoms with Crippen molar-refractivity contribution in [2.75, 3.05) is 6.61 Å². The Bertz CT molecular complexity index is 710. The van der Waals surface area contributed by atoms with Crippen molar-refractivity contribution >= 4 is 29.1 Å². The summed E-state index contributed by atoms with van der Waals surface area (Å²) in [4.78, 5) is 12.1. The van der Waals surface area contributed by atoms with Gasteiger partial charge in [0.2, 0.25) is 0 Å². The maximum atomic E-state index is 13.5. The summed E-state index contributed by atoms with van der Waals surface area (Å²) in [5.41, 5.74) is 0.395. The van der Waals surface area contributed by atoms with Crippen LogP contribution in [-0.2, 0) is 0 Å². The van der Waals surface area contributed by atoms with E-state index >= 15 is 0 Å². The van der Waals surface area contributed by atoms with E-state index in [2.05, 4.69) is 5.32 Å². The number of aliphatic hydroxyl groups excluding tert-OH is 1. The number of hydrogen-bond acceptors (Lipinski definition) is 2. The van der Waals surface area contributed by atoms with E-state index in [1.165, 1.54) is 18.2 Å². The Balaban J connectivity index is 2.22. The highest BCUT2D eigenvalue weighted by atomic mass is 35.5. The summed E-state index contributed by atoms with van der Waals surface area (Å²) in [5.74, 6) is -1.84. The molecule has 1 unspecified atom stereocenters. The first-order valence-electron chi connectivity index (χ1n) is 6.24. The fourth-order valence-electron chi connectivity index (χ4n) is 1.87. The molecule has 0 aliphatic rings. The van der Waals surface area contributed by atoms with Gasteiger partial charge < -0.3 is 10.4 Å². The van der Waals surface area contributed by atoms with Crippen molar-refractivity contribution < 1.29 is 18.7 Å². The predicted molar refractivity (Wildman–Crippen MR) is 80.1 cm³/mol. The molecule has 1 atom stereocenters. The number of rotatable bonds is 4. The third kappa shape index (κ3) is 3.74. The normalized spacial score (nSPS) is 12.0. The molecular weight excluding hydrogens is 335 g/mol. The van der Waals surface area contributed by atoms with E-state index in [4.69, 9.17) is 23.2 Å². The standard InChI is InChI=1S/C15H11Cl2F2NO2/c16-11-4-1-8(5-13(11)19)14(7-21)20-15(22)10-3-2-9(18)6-12(10)17/h1-6,14,21H,7H2,(H,20,22). The summed E-state index contributed by atoms with van der Waals surface area (Å²) in [5, 5.41) is 11.8. The number of nitrogens with one attached hydrogen (secondary N) is 1. The van der Waals surface area contributed by atoms with E-state index in [1.807, 2.05) is 0 Å². The average Bonchev–Trinajstić information content (AvgIpc) is 2.47. The summed E-state index contributed by atoms with van der Waals surface area (Å²) in [6.07, 6.45) is 0. The summed E-state index contributed by atoms with van der Waals surface area (Å²) in [6, 6.07) is 6.41. The van der Waals surface area contributed by atoms with Crippen LogP contribution in [0.25, 0.3) is 0 Å². The van der Waals surface area contributed by atoms with Crippen LogP contribution >= 0.6 is 23.2 Å². The molecule has 22 heavy (non-hydrogen) atoms. The predicted octanol–water partition coefficient (Wildman–Crippen LogP) is 3.74. The maximum Gasteiger partial charge on any atom is 0.253 e. The molecule has 3 nitrogen and oxygen atoms in total. The molecule has 0 fully saturated rings. The quantitative estimate of drug-likeness (QED) is 0.886.